The van der Waals surface area contributed by atoms with Gasteiger partial charge < -0.3 is 10.2 Å². The first kappa shape index (κ1) is 30.4. The molecular formula is C30H24N4O8S2. The Morgan fingerprint density at radius 2 is 1.09 bits per heavy atom. The highest BCUT2D eigenvalue weighted by Crippen LogP contribution is 2.42. The molecule has 5 aromatic carbocycles. The van der Waals surface area contributed by atoms with Crippen molar-refractivity contribution in [2.75, 3.05) is 0 Å². The summed E-state index contributed by atoms with van der Waals surface area (Å²) in [5.74, 6) is -0.520. The summed E-state index contributed by atoms with van der Waals surface area (Å²) in [6, 6.07) is 21.2. The molecule has 0 amide bonds. The van der Waals surface area contributed by atoms with Crippen molar-refractivity contribution in [2.45, 2.75) is 23.6 Å². The molecule has 0 aliphatic heterocycles. The SMILES string of the molecule is Cc1cc(N=Nc2ccc(O)cc2)ccc1-c1ccc(N=Nc2c(S(=O)(=O)O)cc3cc(S(=O)(=O)O)ccc3c2O)cc1C. The summed E-state index contributed by atoms with van der Waals surface area (Å²) in [7, 11) is -9.54. The monoisotopic (exact) mass is 632 g/mol. The highest BCUT2D eigenvalue weighted by atomic mass is 32.2. The van der Waals surface area contributed by atoms with Gasteiger partial charge in [0.25, 0.3) is 20.2 Å². The van der Waals surface area contributed by atoms with Gasteiger partial charge in [-0.1, -0.05) is 12.1 Å². The van der Waals surface area contributed by atoms with E-state index in [2.05, 4.69) is 20.5 Å². The number of benzene rings is 5. The molecule has 44 heavy (non-hydrogen) atoms. The molecule has 224 valence electrons. The molecule has 0 saturated heterocycles. The number of azo groups is 2. The minimum absolute atomic E-state index is 0.0202. The lowest BCUT2D eigenvalue weighted by Crippen LogP contribution is -2.00. The Bertz CT molecular complexity index is 2220. The van der Waals surface area contributed by atoms with Gasteiger partial charge >= 0.3 is 0 Å². The van der Waals surface area contributed by atoms with E-state index in [1.807, 2.05) is 38.1 Å². The number of hydrogen-bond donors (Lipinski definition) is 4. The molecule has 0 saturated carbocycles. The molecule has 0 bridgehead atoms. The summed E-state index contributed by atoms with van der Waals surface area (Å²) < 4.78 is 66.4. The second kappa shape index (κ2) is 11.6. The average Bonchev–Trinajstić information content (AvgIpc) is 2.95. The number of rotatable bonds is 7. The zero-order chi connectivity index (χ0) is 31.8. The van der Waals surface area contributed by atoms with Gasteiger partial charge in [0.2, 0.25) is 0 Å². The number of hydrogen-bond acceptors (Lipinski definition) is 10. The van der Waals surface area contributed by atoms with Crippen LogP contribution in [0, 0.1) is 13.8 Å². The summed E-state index contributed by atoms with van der Waals surface area (Å²) in [4.78, 5) is -1.33. The van der Waals surface area contributed by atoms with Crippen molar-refractivity contribution >= 4 is 53.8 Å². The highest BCUT2D eigenvalue weighted by Gasteiger charge is 2.23. The Balaban J connectivity index is 1.46. The molecule has 0 radical (unpaired) electrons. The van der Waals surface area contributed by atoms with E-state index in [0.29, 0.717) is 17.1 Å². The van der Waals surface area contributed by atoms with Crippen LogP contribution in [0.1, 0.15) is 11.1 Å². The van der Waals surface area contributed by atoms with E-state index in [-0.39, 0.29) is 16.5 Å². The summed E-state index contributed by atoms with van der Waals surface area (Å²) in [5, 5.41) is 36.6. The minimum atomic E-state index is -4.93. The minimum Gasteiger partial charge on any atom is -0.508 e. The summed E-state index contributed by atoms with van der Waals surface area (Å²) in [6.07, 6.45) is 0. The van der Waals surface area contributed by atoms with E-state index in [9.17, 15) is 36.2 Å². The molecular weight excluding hydrogens is 608 g/mol. The van der Waals surface area contributed by atoms with Crippen molar-refractivity contribution < 1.29 is 36.2 Å². The van der Waals surface area contributed by atoms with E-state index in [0.717, 1.165) is 40.5 Å². The zero-order valence-corrected chi connectivity index (χ0v) is 24.7. The van der Waals surface area contributed by atoms with Gasteiger partial charge in [0.05, 0.1) is 22.0 Å². The molecule has 0 fully saturated rings. The maximum Gasteiger partial charge on any atom is 0.296 e. The molecule has 0 atom stereocenters. The number of phenols is 2. The number of fused-ring (bicyclic) bond motifs is 1. The van der Waals surface area contributed by atoms with E-state index >= 15 is 0 Å². The lowest BCUT2D eigenvalue weighted by Gasteiger charge is -2.11. The fraction of sp³-hybridized carbons (Fsp3) is 0.0667. The standard InChI is InChI=1S/C30H24N4O8S2/c1-17-13-21(32-31-20-3-7-23(35)8-4-20)5-10-25(17)26-11-6-22(14-18(26)2)33-34-29-28(44(40,41)42)16-19-15-24(43(37,38)39)9-12-27(19)30(29)36/h3-16,35-36H,1-2H3,(H,37,38,39)(H,40,41,42). The Morgan fingerprint density at radius 1 is 0.568 bits per heavy atom. The topological polar surface area (TPSA) is 199 Å². The van der Waals surface area contributed by atoms with Gasteiger partial charge in [-0.2, -0.15) is 32.2 Å². The summed E-state index contributed by atoms with van der Waals surface area (Å²) in [6.45, 7) is 3.79. The molecule has 4 N–H and O–H groups in total. The molecule has 0 heterocycles. The van der Waals surface area contributed by atoms with Crippen LogP contribution in [-0.2, 0) is 20.2 Å². The third kappa shape index (κ3) is 6.48. The quantitative estimate of drug-likeness (QED) is 0.103. The Kier molecular flexibility index (Phi) is 8.01. The van der Waals surface area contributed by atoms with Crippen molar-refractivity contribution in [1.82, 2.24) is 0 Å². The fourth-order valence-corrected chi connectivity index (χ4v) is 5.72. The number of phenolic OH excluding ortho intramolecular Hbond substituents is 2. The maximum atomic E-state index is 12.1. The van der Waals surface area contributed by atoms with Crippen LogP contribution in [0.15, 0.2) is 115 Å². The summed E-state index contributed by atoms with van der Waals surface area (Å²) >= 11 is 0. The van der Waals surface area contributed by atoms with Crippen molar-refractivity contribution in [3.05, 3.63) is 96.1 Å². The second-order valence-corrected chi connectivity index (χ2v) is 12.6. The molecule has 5 rings (SSSR count). The highest BCUT2D eigenvalue weighted by molar-refractivity contribution is 7.86. The number of aryl methyl sites for hydroxylation is 2. The van der Waals surface area contributed by atoms with Crippen LogP contribution in [-0.4, -0.2) is 36.2 Å². The van der Waals surface area contributed by atoms with Crippen molar-refractivity contribution in [3.8, 4) is 22.6 Å². The van der Waals surface area contributed by atoms with Crippen LogP contribution in [0.5, 0.6) is 11.5 Å². The van der Waals surface area contributed by atoms with Crippen LogP contribution in [0.2, 0.25) is 0 Å². The fourth-order valence-electron chi connectivity index (χ4n) is 4.55. The van der Waals surface area contributed by atoms with Crippen LogP contribution >= 0.6 is 0 Å². The molecule has 12 nitrogen and oxygen atoms in total. The molecule has 0 aliphatic carbocycles. The van der Waals surface area contributed by atoms with E-state index in [1.165, 1.54) is 18.2 Å². The van der Waals surface area contributed by atoms with Gasteiger partial charge in [-0.3, -0.25) is 9.11 Å². The van der Waals surface area contributed by atoms with E-state index in [4.69, 9.17) is 0 Å². The van der Waals surface area contributed by atoms with Crippen molar-refractivity contribution in [1.29, 1.82) is 0 Å². The molecule has 0 aliphatic rings. The molecule has 0 aromatic heterocycles. The molecule has 5 aromatic rings. The molecule has 0 unspecified atom stereocenters. The average molecular weight is 633 g/mol. The predicted octanol–water partition coefficient (Wildman–Crippen LogP) is 7.86. The van der Waals surface area contributed by atoms with Gasteiger partial charge in [-0.15, -0.1) is 5.11 Å². The van der Waals surface area contributed by atoms with Crippen LogP contribution in [0.3, 0.4) is 0 Å². The smallest absolute Gasteiger partial charge is 0.296 e. The Morgan fingerprint density at radius 3 is 1.61 bits per heavy atom. The largest absolute Gasteiger partial charge is 0.508 e. The first-order valence-corrected chi connectivity index (χ1v) is 15.7. The van der Waals surface area contributed by atoms with Crippen LogP contribution in [0.4, 0.5) is 22.7 Å². The molecule has 14 heteroatoms. The van der Waals surface area contributed by atoms with Gasteiger partial charge in [-0.05, 0) is 114 Å². The van der Waals surface area contributed by atoms with Crippen molar-refractivity contribution in [3.63, 3.8) is 0 Å². The third-order valence-electron chi connectivity index (χ3n) is 6.70. The van der Waals surface area contributed by atoms with Gasteiger partial charge in [-0.25, -0.2) is 0 Å². The number of nitrogens with zero attached hydrogens (tertiary/aromatic N) is 4. The van der Waals surface area contributed by atoms with E-state index < -0.39 is 41.5 Å². The molecule has 0 spiro atoms. The first-order valence-electron chi connectivity index (χ1n) is 12.8. The zero-order valence-electron chi connectivity index (χ0n) is 23.1. The lowest BCUT2D eigenvalue weighted by molar-refractivity contribution is 0.472. The predicted molar refractivity (Wildman–Crippen MR) is 163 cm³/mol. The van der Waals surface area contributed by atoms with Gasteiger partial charge in [0, 0.05) is 5.39 Å². The maximum absolute atomic E-state index is 12.1. The van der Waals surface area contributed by atoms with Gasteiger partial charge in [0.15, 0.2) is 5.75 Å². The summed E-state index contributed by atoms with van der Waals surface area (Å²) in [5.41, 5.74) is 4.59. The van der Waals surface area contributed by atoms with Crippen molar-refractivity contribution in [2.24, 2.45) is 20.5 Å². The number of aromatic hydroxyl groups is 2. The second-order valence-electron chi connectivity index (χ2n) is 9.82. The Hall–Kier alpha value is -5.02. The van der Waals surface area contributed by atoms with Crippen LogP contribution in [0.25, 0.3) is 21.9 Å². The first-order chi connectivity index (χ1) is 20.7. The normalized spacial score (nSPS) is 12.5. The lowest BCUT2D eigenvalue weighted by atomic mass is 9.96. The Labute approximate surface area is 252 Å². The van der Waals surface area contributed by atoms with Crippen LogP contribution < -0.4 is 0 Å². The van der Waals surface area contributed by atoms with Gasteiger partial charge in [0.1, 0.15) is 16.3 Å². The third-order valence-corrected chi connectivity index (χ3v) is 8.42. The van der Waals surface area contributed by atoms with E-state index in [1.54, 1.807) is 24.3 Å².